The molecule has 3 rings (SSSR count). The molecule has 1 unspecified atom stereocenters. The van der Waals surface area contributed by atoms with Gasteiger partial charge in [-0.1, -0.05) is 36.4 Å². The molecule has 0 aliphatic heterocycles. The monoisotopic (exact) mass is 325 g/mol. The Morgan fingerprint density at radius 2 is 2.17 bits per heavy atom. The lowest BCUT2D eigenvalue weighted by atomic mass is 10.0. The number of hydrogen-bond acceptors (Lipinski definition) is 2. The molecule has 0 bridgehead atoms. The van der Waals surface area contributed by atoms with Crippen LogP contribution in [-0.4, -0.2) is 11.2 Å². The average Bonchev–Trinajstić information content (AvgIpc) is 2.59. The summed E-state index contributed by atoms with van der Waals surface area (Å²) in [6, 6.07) is 8.08. The van der Waals surface area contributed by atoms with Gasteiger partial charge in [-0.05, 0) is 37.1 Å². The molecule has 1 aromatic heterocycles. The van der Waals surface area contributed by atoms with Crippen LogP contribution in [0.2, 0.25) is 0 Å². The van der Waals surface area contributed by atoms with Crippen molar-refractivity contribution in [2.24, 2.45) is 5.92 Å². The van der Waals surface area contributed by atoms with Crippen molar-refractivity contribution >= 4 is 0 Å². The van der Waals surface area contributed by atoms with Gasteiger partial charge in [0.15, 0.2) is 0 Å². The summed E-state index contributed by atoms with van der Waals surface area (Å²) in [5, 5.41) is 0. The van der Waals surface area contributed by atoms with E-state index in [0.29, 0.717) is 30.4 Å². The minimum atomic E-state index is -0.299. The van der Waals surface area contributed by atoms with Crippen LogP contribution in [0, 0.1) is 18.7 Å². The molecule has 0 radical (unpaired) electrons. The summed E-state index contributed by atoms with van der Waals surface area (Å²) in [7, 11) is 0. The maximum Gasteiger partial charge on any atom is 0.257 e. The van der Waals surface area contributed by atoms with E-state index in [0.717, 1.165) is 12.0 Å². The highest BCUT2D eigenvalue weighted by atomic mass is 19.1. The van der Waals surface area contributed by atoms with Gasteiger partial charge in [-0.2, -0.15) is 0 Å². The molecular weight excluding hydrogens is 305 g/mol. The van der Waals surface area contributed by atoms with Gasteiger partial charge in [0.25, 0.3) is 5.56 Å². The lowest BCUT2D eigenvalue weighted by molar-refractivity contribution is 0.273. The molecule has 0 saturated heterocycles. The molecule has 0 spiro atoms. The van der Waals surface area contributed by atoms with Crippen molar-refractivity contribution in [3.63, 3.8) is 0 Å². The number of aromatic nitrogens is 1. The van der Waals surface area contributed by atoms with E-state index in [9.17, 15) is 9.18 Å². The second-order valence-electron chi connectivity index (χ2n) is 5.99. The summed E-state index contributed by atoms with van der Waals surface area (Å²) in [6.07, 6.45) is 10.9. The van der Waals surface area contributed by atoms with E-state index in [4.69, 9.17) is 4.74 Å². The first-order chi connectivity index (χ1) is 11.6. The van der Waals surface area contributed by atoms with Crippen LogP contribution in [0.15, 0.2) is 65.6 Å². The number of hydrogen-bond donors (Lipinski definition) is 0. The zero-order valence-electron chi connectivity index (χ0n) is 13.6. The predicted molar refractivity (Wildman–Crippen MR) is 92.8 cm³/mol. The van der Waals surface area contributed by atoms with Crippen LogP contribution in [-0.2, 0) is 6.54 Å². The van der Waals surface area contributed by atoms with Crippen molar-refractivity contribution in [2.75, 3.05) is 6.61 Å². The predicted octanol–water partition coefficient (Wildman–Crippen LogP) is 3.86. The molecule has 124 valence electrons. The number of pyridine rings is 1. The minimum absolute atomic E-state index is 0.115. The quantitative estimate of drug-likeness (QED) is 0.836. The van der Waals surface area contributed by atoms with Crippen LogP contribution in [0.3, 0.4) is 0 Å². The zero-order valence-corrected chi connectivity index (χ0v) is 13.6. The highest BCUT2D eigenvalue weighted by Crippen LogP contribution is 2.18. The molecule has 1 aliphatic carbocycles. The Morgan fingerprint density at radius 1 is 1.29 bits per heavy atom. The van der Waals surface area contributed by atoms with Crippen molar-refractivity contribution in [3.05, 3.63) is 88.1 Å². The molecule has 1 aliphatic rings. The molecule has 4 heteroatoms. The molecule has 0 amide bonds. The zero-order chi connectivity index (χ0) is 16.9. The van der Waals surface area contributed by atoms with Gasteiger partial charge in [-0.25, -0.2) is 4.39 Å². The summed E-state index contributed by atoms with van der Waals surface area (Å²) in [4.78, 5) is 12.5. The summed E-state index contributed by atoms with van der Waals surface area (Å²) in [5.41, 5.74) is 1.21. The summed E-state index contributed by atoms with van der Waals surface area (Å²) in [5.74, 6) is 0.648. The van der Waals surface area contributed by atoms with E-state index in [1.54, 1.807) is 35.9 Å². The maximum absolute atomic E-state index is 13.3. The highest BCUT2D eigenvalue weighted by molar-refractivity contribution is 5.30. The van der Waals surface area contributed by atoms with Crippen LogP contribution in [0.1, 0.15) is 17.5 Å². The van der Waals surface area contributed by atoms with Crippen LogP contribution in [0.5, 0.6) is 5.75 Å². The smallest absolute Gasteiger partial charge is 0.257 e. The molecule has 1 heterocycles. The Balaban J connectivity index is 1.72. The maximum atomic E-state index is 13.3. The van der Waals surface area contributed by atoms with E-state index in [2.05, 4.69) is 12.2 Å². The van der Waals surface area contributed by atoms with E-state index in [1.807, 2.05) is 12.2 Å². The lowest BCUT2D eigenvalue weighted by Crippen LogP contribution is -2.23. The Hall–Kier alpha value is -2.62. The molecule has 0 saturated carbocycles. The molecule has 1 atom stereocenters. The Labute approximate surface area is 140 Å². The molecule has 3 nitrogen and oxygen atoms in total. The number of allylic oxidation sites excluding steroid dienone is 3. The van der Waals surface area contributed by atoms with Gasteiger partial charge in [-0.15, -0.1) is 0 Å². The van der Waals surface area contributed by atoms with E-state index in [1.165, 1.54) is 12.1 Å². The fraction of sp³-hybridized carbons (Fsp3) is 0.250. The summed E-state index contributed by atoms with van der Waals surface area (Å²) >= 11 is 0. The van der Waals surface area contributed by atoms with Gasteiger partial charge in [-0.3, -0.25) is 4.79 Å². The fourth-order valence-electron chi connectivity index (χ4n) is 2.74. The van der Waals surface area contributed by atoms with Crippen LogP contribution in [0.25, 0.3) is 0 Å². The van der Waals surface area contributed by atoms with Crippen molar-refractivity contribution in [1.82, 2.24) is 4.57 Å². The minimum Gasteiger partial charge on any atom is -0.492 e. The van der Waals surface area contributed by atoms with Crippen molar-refractivity contribution in [2.45, 2.75) is 19.9 Å². The lowest BCUT2D eigenvalue weighted by Gasteiger charge is -2.16. The van der Waals surface area contributed by atoms with Gasteiger partial charge in [0.2, 0.25) is 0 Å². The second kappa shape index (κ2) is 7.30. The molecule has 2 aromatic rings. The van der Waals surface area contributed by atoms with E-state index in [-0.39, 0.29) is 11.4 Å². The number of halogens is 1. The Morgan fingerprint density at radius 3 is 2.92 bits per heavy atom. The van der Waals surface area contributed by atoms with Gasteiger partial charge in [0.05, 0.1) is 18.7 Å². The van der Waals surface area contributed by atoms with Crippen molar-refractivity contribution < 1.29 is 9.13 Å². The molecular formula is C20H20FNO2. The molecule has 1 aromatic carbocycles. The SMILES string of the molecule is Cc1c(OCC2C=CC=CC2)ccn(Cc2cccc(F)c2)c1=O. The van der Waals surface area contributed by atoms with E-state index >= 15 is 0 Å². The Kier molecular flexibility index (Phi) is 4.94. The molecule has 0 N–H and O–H groups in total. The second-order valence-corrected chi connectivity index (χ2v) is 5.99. The first-order valence-corrected chi connectivity index (χ1v) is 8.04. The number of rotatable bonds is 5. The third-order valence-corrected chi connectivity index (χ3v) is 4.12. The molecule has 0 fully saturated rings. The summed E-state index contributed by atoms with van der Waals surface area (Å²) in [6.45, 7) is 2.65. The normalized spacial score (nSPS) is 16.3. The van der Waals surface area contributed by atoms with E-state index < -0.39 is 0 Å². The van der Waals surface area contributed by atoms with Gasteiger partial charge in [0.1, 0.15) is 11.6 Å². The van der Waals surface area contributed by atoms with Crippen LogP contribution in [0.4, 0.5) is 4.39 Å². The van der Waals surface area contributed by atoms with Crippen molar-refractivity contribution in [3.8, 4) is 5.75 Å². The van der Waals surface area contributed by atoms with Gasteiger partial charge >= 0.3 is 0 Å². The highest BCUT2D eigenvalue weighted by Gasteiger charge is 2.11. The molecule has 24 heavy (non-hydrogen) atoms. The van der Waals surface area contributed by atoms with Crippen molar-refractivity contribution in [1.29, 1.82) is 0 Å². The topological polar surface area (TPSA) is 31.2 Å². The van der Waals surface area contributed by atoms with Gasteiger partial charge in [0, 0.05) is 12.1 Å². The first-order valence-electron chi connectivity index (χ1n) is 8.04. The fourth-order valence-corrected chi connectivity index (χ4v) is 2.74. The average molecular weight is 325 g/mol. The van der Waals surface area contributed by atoms with Gasteiger partial charge < -0.3 is 9.30 Å². The van der Waals surface area contributed by atoms with Crippen LogP contribution >= 0.6 is 0 Å². The standard InChI is InChI=1S/C20H20FNO2/c1-15-19(24-14-16-6-3-2-4-7-16)10-11-22(20(15)23)13-17-8-5-9-18(21)12-17/h2-6,8-12,16H,7,13-14H2,1H3. The largest absolute Gasteiger partial charge is 0.492 e. The third-order valence-electron chi connectivity index (χ3n) is 4.12. The Bertz CT molecular complexity index is 836. The summed E-state index contributed by atoms with van der Waals surface area (Å²) < 4.78 is 20.7. The first kappa shape index (κ1) is 16.2. The number of ether oxygens (including phenoxy) is 1. The van der Waals surface area contributed by atoms with Crippen LogP contribution < -0.4 is 10.3 Å². The number of nitrogens with zero attached hydrogens (tertiary/aromatic N) is 1. The number of benzene rings is 1. The third kappa shape index (κ3) is 3.82.